The van der Waals surface area contributed by atoms with Crippen LogP contribution in [0.2, 0.25) is 0 Å². The lowest BCUT2D eigenvalue weighted by molar-refractivity contribution is 0.301. The quantitative estimate of drug-likeness (QED) is 0.872. The third-order valence-electron chi connectivity index (χ3n) is 4.27. The molecule has 0 aromatic carbocycles. The van der Waals surface area contributed by atoms with Gasteiger partial charge >= 0.3 is 0 Å². The second-order valence-electron chi connectivity index (χ2n) is 5.60. The summed E-state index contributed by atoms with van der Waals surface area (Å²) in [5.74, 6) is 3.37. The molecule has 1 heterocycles. The van der Waals surface area contributed by atoms with E-state index in [9.17, 15) is 0 Å². The number of aromatic nitrogens is 2. The molecule has 1 fully saturated rings. The van der Waals surface area contributed by atoms with E-state index in [-0.39, 0.29) is 5.92 Å². The highest BCUT2D eigenvalue weighted by molar-refractivity contribution is 5.00. The fraction of sp³-hybridized carbons (Fsp3) is 0.857. The topological polar surface area (TPSA) is 64.9 Å². The summed E-state index contributed by atoms with van der Waals surface area (Å²) in [6.45, 7) is 5.05. The maximum absolute atomic E-state index is 5.56. The Balaban J connectivity index is 1.94. The average molecular weight is 251 g/mol. The molecule has 1 unspecified atom stereocenters. The van der Waals surface area contributed by atoms with Crippen LogP contribution in [-0.4, -0.2) is 16.7 Å². The molecule has 18 heavy (non-hydrogen) atoms. The zero-order chi connectivity index (χ0) is 13.0. The average Bonchev–Trinajstić information content (AvgIpc) is 2.89. The van der Waals surface area contributed by atoms with Gasteiger partial charge in [0.1, 0.15) is 0 Å². The van der Waals surface area contributed by atoms with Crippen molar-refractivity contribution in [1.82, 2.24) is 10.1 Å². The molecule has 0 saturated heterocycles. The van der Waals surface area contributed by atoms with Crippen molar-refractivity contribution < 1.29 is 4.52 Å². The van der Waals surface area contributed by atoms with Gasteiger partial charge in [-0.2, -0.15) is 4.98 Å². The van der Waals surface area contributed by atoms with Crippen molar-refractivity contribution in [1.29, 1.82) is 0 Å². The summed E-state index contributed by atoms with van der Waals surface area (Å²) in [4.78, 5) is 4.57. The Bertz CT molecular complexity index is 356. The lowest BCUT2D eigenvalue weighted by atomic mass is 9.80. The van der Waals surface area contributed by atoms with E-state index in [4.69, 9.17) is 10.3 Å². The largest absolute Gasteiger partial charge is 0.339 e. The van der Waals surface area contributed by atoms with Crippen LogP contribution in [0.5, 0.6) is 0 Å². The molecule has 1 aliphatic carbocycles. The predicted molar refractivity (Wildman–Crippen MR) is 71.4 cm³/mol. The molecule has 1 aromatic rings. The van der Waals surface area contributed by atoms with Crippen molar-refractivity contribution in [2.75, 3.05) is 6.54 Å². The van der Waals surface area contributed by atoms with Gasteiger partial charge < -0.3 is 10.3 Å². The van der Waals surface area contributed by atoms with Gasteiger partial charge in [0, 0.05) is 11.8 Å². The van der Waals surface area contributed by atoms with Gasteiger partial charge in [0.05, 0.1) is 0 Å². The van der Waals surface area contributed by atoms with Crippen LogP contribution in [0.1, 0.15) is 75.9 Å². The second kappa shape index (κ2) is 6.32. The van der Waals surface area contributed by atoms with E-state index < -0.39 is 0 Å². The Labute approximate surface area is 109 Å². The first-order valence-electron chi connectivity index (χ1n) is 7.28. The molecule has 4 nitrogen and oxygen atoms in total. The van der Waals surface area contributed by atoms with Crippen LogP contribution >= 0.6 is 0 Å². The lowest BCUT2D eigenvalue weighted by Gasteiger charge is -2.25. The minimum Gasteiger partial charge on any atom is -0.339 e. The third-order valence-corrected chi connectivity index (χ3v) is 4.27. The van der Waals surface area contributed by atoms with Gasteiger partial charge in [-0.15, -0.1) is 0 Å². The lowest BCUT2D eigenvalue weighted by Crippen LogP contribution is -2.13. The number of rotatable bonds is 5. The van der Waals surface area contributed by atoms with Crippen LogP contribution < -0.4 is 5.73 Å². The second-order valence-corrected chi connectivity index (χ2v) is 5.60. The van der Waals surface area contributed by atoms with Crippen molar-refractivity contribution >= 4 is 0 Å². The fourth-order valence-corrected chi connectivity index (χ4v) is 2.82. The Morgan fingerprint density at radius 1 is 1.33 bits per heavy atom. The van der Waals surface area contributed by atoms with E-state index >= 15 is 0 Å². The highest BCUT2D eigenvalue weighted by Crippen LogP contribution is 2.36. The van der Waals surface area contributed by atoms with Crippen LogP contribution in [0.4, 0.5) is 0 Å². The van der Waals surface area contributed by atoms with Gasteiger partial charge in [0.2, 0.25) is 5.89 Å². The van der Waals surface area contributed by atoms with E-state index in [1.54, 1.807) is 0 Å². The molecule has 0 radical (unpaired) electrons. The Morgan fingerprint density at radius 3 is 2.67 bits per heavy atom. The Kier molecular flexibility index (Phi) is 4.75. The zero-order valence-electron chi connectivity index (χ0n) is 11.6. The summed E-state index contributed by atoms with van der Waals surface area (Å²) in [5.41, 5.74) is 5.56. The Hall–Kier alpha value is -0.900. The van der Waals surface area contributed by atoms with Gasteiger partial charge in [0.25, 0.3) is 0 Å². The van der Waals surface area contributed by atoms with Gasteiger partial charge in [-0.25, -0.2) is 0 Å². The normalized spacial score (nSPS) is 26.2. The molecule has 0 aliphatic heterocycles. The van der Waals surface area contributed by atoms with Crippen molar-refractivity contribution in [3.8, 4) is 0 Å². The van der Waals surface area contributed by atoms with E-state index in [1.165, 1.54) is 32.1 Å². The summed E-state index contributed by atoms with van der Waals surface area (Å²) >= 11 is 0. The number of hydrogen-bond acceptors (Lipinski definition) is 4. The predicted octanol–water partition coefficient (Wildman–Crippen LogP) is 3.21. The summed E-state index contributed by atoms with van der Waals surface area (Å²) in [5, 5.41) is 4.17. The van der Waals surface area contributed by atoms with E-state index in [2.05, 4.69) is 24.0 Å². The summed E-state index contributed by atoms with van der Waals surface area (Å²) in [6, 6.07) is 0. The van der Waals surface area contributed by atoms with E-state index in [0.717, 1.165) is 24.1 Å². The Morgan fingerprint density at radius 2 is 2.06 bits per heavy atom. The summed E-state index contributed by atoms with van der Waals surface area (Å²) < 4.78 is 5.37. The van der Waals surface area contributed by atoms with Gasteiger partial charge in [0.15, 0.2) is 5.82 Å². The molecule has 102 valence electrons. The zero-order valence-corrected chi connectivity index (χ0v) is 11.6. The van der Waals surface area contributed by atoms with Gasteiger partial charge in [-0.3, -0.25) is 0 Å². The number of nitrogens with two attached hydrogens (primary N) is 1. The molecule has 0 amide bonds. The summed E-state index contributed by atoms with van der Waals surface area (Å²) in [7, 11) is 0. The van der Waals surface area contributed by atoms with Gasteiger partial charge in [-0.05, 0) is 44.6 Å². The highest BCUT2D eigenvalue weighted by Gasteiger charge is 2.25. The SMILES string of the molecule is CCC1CCC(c2noc(C(C)CCN)n2)CC1. The summed E-state index contributed by atoms with van der Waals surface area (Å²) in [6.07, 6.45) is 7.25. The molecular formula is C14H25N3O. The smallest absolute Gasteiger partial charge is 0.229 e. The molecule has 2 rings (SSSR count). The monoisotopic (exact) mass is 251 g/mol. The van der Waals surface area contributed by atoms with Crippen molar-refractivity contribution in [2.45, 2.75) is 64.2 Å². The molecule has 1 aromatic heterocycles. The first-order chi connectivity index (χ1) is 8.74. The standard InChI is InChI=1S/C14H25N3O/c1-3-11-4-6-12(7-5-11)13-16-14(18-17-13)10(2)8-9-15/h10-12H,3-9,15H2,1-2H3. The molecule has 0 bridgehead atoms. The molecule has 0 spiro atoms. The molecule has 1 atom stereocenters. The van der Waals surface area contributed by atoms with Crippen molar-refractivity contribution in [3.05, 3.63) is 11.7 Å². The maximum atomic E-state index is 5.56. The van der Waals surface area contributed by atoms with E-state index in [1.807, 2.05) is 0 Å². The number of hydrogen-bond donors (Lipinski definition) is 1. The van der Waals surface area contributed by atoms with Crippen LogP contribution in [0.3, 0.4) is 0 Å². The highest BCUT2D eigenvalue weighted by atomic mass is 16.5. The molecular weight excluding hydrogens is 226 g/mol. The third kappa shape index (κ3) is 3.10. The minimum absolute atomic E-state index is 0.281. The van der Waals surface area contributed by atoms with Crippen LogP contribution in [0.25, 0.3) is 0 Å². The van der Waals surface area contributed by atoms with Crippen LogP contribution in [0.15, 0.2) is 4.52 Å². The first-order valence-corrected chi connectivity index (χ1v) is 7.28. The maximum Gasteiger partial charge on any atom is 0.229 e. The first kappa shape index (κ1) is 13.5. The minimum atomic E-state index is 0.281. The molecule has 2 N–H and O–H groups in total. The van der Waals surface area contributed by atoms with Crippen LogP contribution in [0, 0.1) is 5.92 Å². The fourth-order valence-electron chi connectivity index (χ4n) is 2.82. The molecule has 1 aliphatic rings. The molecule has 4 heteroatoms. The van der Waals surface area contributed by atoms with Gasteiger partial charge in [-0.1, -0.05) is 25.4 Å². The van der Waals surface area contributed by atoms with E-state index in [0.29, 0.717) is 12.5 Å². The van der Waals surface area contributed by atoms with Crippen molar-refractivity contribution in [3.63, 3.8) is 0 Å². The number of nitrogens with zero attached hydrogens (tertiary/aromatic N) is 2. The van der Waals surface area contributed by atoms with Crippen molar-refractivity contribution in [2.24, 2.45) is 11.7 Å². The van der Waals surface area contributed by atoms with Crippen LogP contribution in [-0.2, 0) is 0 Å². The molecule has 1 saturated carbocycles.